The molecule has 2 heteroatoms. The summed E-state index contributed by atoms with van der Waals surface area (Å²) in [4.78, 5) is 0. The Balaban J connectivity index is 3.02. The van der Waals surface area contributed by atoms with Crippen molar-refractivity contribution in [1.82, 2.24) is 0 Å². The first-order valence-corrected chi connectivity index (χ1v) is 18.1. The summed E-state index contributed by atoms with van der Waals surface area (Å²) in [7, 11) is -1.28. The topological polar surface area (TPSA) is 9.23 Å². The molecule has 0 N–H and O–H groups in total. The Kier molecular flexibility index (Phi) is 25.0. The molecule has 0 aromatic rings. The van der Waals surface area contributed by atoms with Crippen molar-refractivity contribution >= 4 is 8.32 Å². The Morgan fingerprint density at radius 1 is 0.355 bits per heavy atom. The molecule has 0 saturated heterocycles. The summed E-state index contributed by atoms with van der Waals surface area (Å²) < 4.78 is 5.92. The van der Waals surface area contributed by atoms with Crippen LogP contribution in [0.1, 0.15) is 161 Å². The van der Waals surface area contributed by atoms with Crippen molar-refractivity contribution < 1.29 is 4.43 Å². The Bertz CT molecular complexity index is 323. The van der Waals surface area contributed by atoms with E-state index in [0.29, 0.717) is 0 Å². The summed E-state index contributed by atoms with van der Waals surface area (Å²) in [5.41, 5.74) is 0. The van der Waals surface area contributed by atoms with Gasteiger partial charge in [0.25, 0.3) is 0 Å². The van der Waals surface area contributed by atoms with Gasteiger partial charge in [-0.1, -0.05) is 155 Å². The maximum absolute atomic E-state index is 5.92. The van der Waals surface area contributed by atoms with Crippen LogP contribution in [0.4, 0.5) is 0 Å². The molecule has 0 aliphatic heterocycles. The maximum Gasteiger partial charge on any atom is 0.183 e. The Labute approximate surface area is 200 Å². The van der Waals surface area contributed by atoms with Crippen LogP contribution in [-0.2, 0) is 4.43 Å². The van der Waals surface area contributed by atoms with Gasteiger partial charge < -0.3 is 4.43 Å². The molecule has 1 nitrogen and oxygen atoms in total. The van der Waals surface area contributed by atoms with Crippen molar-refractivity contribution in [3.05, 3.63) is 0 Å². The molecule has 0 bridgehead atoms. The van der Waals surface area contributed by atoms with Crippen molar-refractivity contribution in [3.8, 4) is 0 Å². The lowest BCUT2D eigenvalue weighted by Gasteiger charge is -2.16. The number of hydrogen-bond donors (Lipinski definition) is 0. The highest BCUT2D eigenvalue weighted by atomic mass is 28.4. The van der Waals surface area contributed by atoms with Crippen LogP contribution < -0.4 is 0 Å². The molecular formula is C29H62OSi. The molecule has 0 unspecified atom stereocenters. The number of rotatable bonds is 26. The summed E-state index contributed by atoms with van der Waals surface area (Å²) in [5.74, 6) is 0. The highest BCUT2D eigenvalue weighted by Gasteiger charge is 2.12. The fourth-order valence-corrected chi connectivity index (χ4v) is 5.20. The molecule has 188 valence electrons. The summed E-state index contributed by atoms with van der Waals surface area (Å²) in [6.07, 6.45) is 34.9. The van der Waals surface area contributed by atoms with Crippen LogP contribution in [-0.4, -0.2) is 14.9 Å². The first-order valence-electron chi connectivity index (χ1n) is 14.7. The lowest BCUT2D eigenvalue weighted by Crippen LogP contribution is -2.25. The molecule has 0 radical (unpaired) electrons. The predicted octanol–water partition coefficient (Wildman–Crippen LogP) is 11.2. The minimum atomic E-state index is -1.28. The standard InChI is InChI=1S/C29H62OSi/c1-5-6-7-8-9-10-11-12-13-14-15-16-17-18-19-20-21-22-23-24-25-26-27-28-29-30-31(2,3)4/h5-29H2,1-4H3. The first-order chi connectivity index (χ1) is 15.1. The zero-order valence-corrected chi connectivity index (χ0v) is 23.6. The molecule has 0 aliphatic carbocycles. The van der Waals surface area contributed by atoms with Gasteiger partial charge in [0, 0.05) is 6.61 Å². The van der Waals surface area contributed by atoms with E-state index in [9.17, 15) is 0 Å². The number of hydrogen-bond acceptors (Lipinski definition) is 1. The zero-order valence-electron chi connectivity index (χ0n) is 22.6. The average molecular weight is 455 g/mol. The van der Waals surface area contributed by atoms with E-state index in [-0.39, 0.29) is 0 Å². The van der Waals surface area contributed by atoms with Gasteiger partial charge in [0.15, 0.2) is 8.32 Å². The molecule has 0 heterocycles. The van der Waals surface area contributed by atoms with E-state index in [4.69, 9.17) is 4.43 Å². The van der Waals surface area contributed by atoms with Crippen LogP contribution in [0.2, 0.25) is 19.6 Å². The smallest absolute Gasteiger partial charge is 0.183 e. The summed E-state index contributed by atoms with van der Waals surface area (Å²) >= 11 is 0. The summed E-state index contributed by atoms with van der Waals surface area (Å²) in [6.45, 7) is 10.2. The third kappa shape index (κ3) is 30.2. The highest BCUT2D eigenvalue weighted by molar-refractivity contribution is 6.69. The molecule has 0 atom stereocenters. The molecule has 0 aromatic carbocycles. The lowest BCUT2D eigenvalue weighted by molar-refractivity contribution is 0.298. The second-order valence-corrected chi connectivity index (χ2v) is 15.6. The van der Waals surface area contributed by atoms with Crippen LogP contribution in [0.3, 0.4) is 0 Å². The first kappa shape index (κ1) is 31.2. The van der Waals surface area contributed by atoms with E-state index in [1.165, 1.54) is 154 Å². The van der Waals surface area contributed by atoms with Crippen molar-refractivity contribution in [3.63, 3.8) is 0 Å². The van der Waals surface area contributed by atoms with Crippen LogP contribution in [0, 0.1) is 0 Å². The van der Waals surface area contributed by atoms with Crippen LogP contribution in [0.25, 0.3) is 0 Å². The summed E-state index contributed by atoms with van der Waals surface area (Å²) in [5, 5.41) is 0. The van der Waals surface area contributed by atoms with E-state index in [1.54, 1.807) is 0 Å². The Hall–Kier alpha value is 0.177. The molecule has 0 spiro atoms. The average Bonchev–Trinajstić information content (AvgIpc) is 2.73. The van der Waals surface area contributed by atoms with E-state index in [1.807, 2.05) is 0 Å². The van der Waals surface area contributed by atoms with Gasteiger partial charge in [0.1, 0.15) is 0 Å². The van der Waals surface area contributed by atoms with Crippen molar-refractivity contribution in [2.45, 2.75) is 181 Å². The van der Waals surface area contributed by atoms with Crippen LogP contribution in [0.15, 0.2) is 0 Å². The second kappa shape index (κ2) is 24.8. The van der Waals surface area contributed by atoms with E-state index in [2.05, 4.69) is 26.6 Å². The third-order valence-electron chi connectivity index (χ3n) is 6.53. The van der Waals surface area contributed by atoms with E-state index < -0.39 is 8.32 Å². The Morgan fingerprint density at radius 3 is 0.806 bits per heavy atom. The fraction of sp³-hybridized carbons (Fsp3) is 1.00. The van der Waals surface area contributed by atoms with Gasteiger partial charge >= 0.3 is 0 Å². The van der Waals surface area contributed by atoms with Gasteiger partial charge in [-0.15, -0.1) is 0 Å². The SMILES string of the molecule is CCCCCCCCCCCCCCCCCCCCCCCCCCO[Si](C)(C)C. The van der Waals surface area contributed by atoms with Crippen LogP contribution >= 0.6 is 0 Å². The molecule has 0 aromatic heterocycles. The molecule has 0 rings (SSSR count). The molecule has 0 saturated carbocycles. The van der Waals surface area contributed by atoms with Gasteiger partial charge in [-0.2, -0.15) is 0 Å². The largest absolute Gasteiger partial charge is 0.418 e. The molecular weight excluding hydrogens is 392 g/mol. The summed E-state index contributed by atoms with van der Waals surface area (Å²) in [6, 6.07) is 0. The van der Waals surface area contributed by atoms with Gasteiger partial charge in [-0.05, 0) is 26.1 Å². The molecule has 0 fully saturated rings. The molecule has 0 amide bonds. The van der Waals surface area contributed by atoms with E-state index in [0.717, 1.165) is 6.61 Å². The van der Waals surface area contributed by atoms with Crippen molar-refractivity contribution in [1.29, 1.82) is 0 Å². The van der Waals surface area contributed by atoms with Gasteiger partial charge in [-0.25, -0.2) is 0 Å². The zero-order chi connectivity index (χ0) is 22.9. The van der Waals surface area contributed by atoms with Crippen molar-refractivity contribution in [2.75, 3.05) is 6.61 Å². The van der Waals surface area contributed by atoms with E-state index >= 15 is 0 Å². The van der Waals surface area contributed by atoms with Crippen LogP contribution in [0.5, 0.6) is 0 Å². The number of unbranched alkanes of at least 4 members (excludes halogenated alkanes) is 23. The second-order valence-electron chi connectivity index (χ2n) is 11.1. The fourth-order valence-electron chi connectivity index (χ4n) is 4.44. The van der Waals surface area contributed by atoms with Crippen molar-refractivity contribution in [2.24, 2.45) is 0 Å². The normalized spacial score (nSPS) is 12.0. The third-order valence-corrected chi connectivity index (χ3v) is 7.60. The quantitative estimate of drug-likeness (QED) is 0.0932. The highest BCUT2D eigenvalue weighted by Crippen LogP contribution is 2.15. The lowest BCUT2D eigenvalue weighted by atomic mass is 10.0. The minimum absolute atomic E-state index is 0.995. The minimum Gasteiger partial charge on any atom is -0.418 e. The monoisotopic (exact) mass is 454 g/mol. The van der Waals surface area contributed by atoms with Gasteiger partial charge in [0.05, 0.1) is 0 Å². The van der Waals surface area contributed by atoms with Gasteiger partial charge in [0.2, 0.25) is 0 Å². The Morgan fingerprint density at radius 2 is 0.581 bits per heavy atom. The molecule has 0 aliphatic rings. The maximum atomic E-state index is 5.92. The van der Waals surface area contributed by atoms with Gasteiger partial charge in [-0.3, -0.25) is 0 Å². The predicted molar refractivity (Wildman–Crippen MR) is 146 cm³/mol. The molecule has 31 heavy (non-hydrogen) atoms.